The lowest BCUT2D eigenvalue weighted by molar-refractivity contribution is 0.242. The minimum atomic E-state index is 0.222. The van der Waals surface area contributed by atoms with E-state index < -0.39 is 0 Å². The molecule has 2 aromatic rings. The van der Waals surface area contributed by atoms with Crippen LogP contribution in [0.2, 0.25) is 0 Å². The Kier molecular flexibility index (Phi) is 3.80. The van der Waals surface area contributed by atoms with Crippen molar-refractivity contribution in [3.63, 3.8) is 0 Å². The van der Waals surface area contributed by atoms with Gasteiger partial charge in [0.05, 0.1) is 17.4 Å². The van der Waals surface area contributed by atoms with Crippen molar-refractivity contribution in [3.8, 4) is 0 Å². The predicted octanol–water partition coefficient (Wildman–Crippen LogP) is 5.72. The van der Waals surface area contributed by atoms with E-state index in [1.165, 1.54) is 23.4 Å². The maximum absolute atomic E-state index is 5.12. The van der Waals surface area contributed by atoms with Gasteiger partial charge in [-0.25, -0.2) is 0 Å². The maximum Gasteiger partial charge on any atom is 0.0739 e. The number of para-hydroxylation sites is 1. The summed E-state index contributed by atoms with van der Waals surface area (Å²) < 4.78 is 1.11. The van der Waals surface area contributed by atoms with Crippen LogP contribution in [0.5, 0.6) is 0 Å². The van der Waals surface area contributed by atoms with Crippen LogP contribution < -0.4 is 5.01 Å². The number of hydrogen-bond acceptors (Lipinski definition) is 2. The van der Waals surface area contributed by atoms with E-state index in [-0.39, 0.29) is 5.41 Å². The maximum atomic E-state index is 5.12. The van der Waals surface area contributed by atoms with E-state index in [0.717, 1.165) is 4.47 Å². The first-order chi connectivity index (χ1) is 11.5. The highest BCUT2D eigenvalue weighted by molar-refractivity contribution is 9.10. The number of halogens is 1. The van der Waals surface area contributed by atoms with E-state index >= 15 is 0 Å². The molecule has 3 atom stereocenters. The number of nitrogens with zero attached hydrogens (tertiary/aromatic N) is 2. The Bertz CT molecular complexity index is 781. The van der Waals surface area contributed by atoms with Crippen molar-refractivity contribution in [1.82, 2.24) is 0 Å². The van der Waals surface area contributed by atoms with Gasteiger partial charge in [-0.15, -0.1) is 0 Å². The number of fused-ring (bicyclic) bond motifs is 1. The van der Waals surface area contributed by atoms with Crippen LogP contribution in [0.15, 0.2) is 64.2 Å². The SMILES string of the molecule is CC1CC2C(c3ccccc3)=NN(c3ccccc3Br)[C@H]2C1(C)C. The molecule has 0 spiro atoms. The molecule has 0 N–H and O–H groups in total. The largest absolute Gasteiger partial charge is 0.260 e. The first-order valence-electron chi connectivity index (χ1n) is 8.68. The van der Waals surface area contributed by atoms with Crippen LogP contribution in [0.4, 0.5) is 5.69 Å². The molecule has 4 rings (SSSR count). The third-order valence-electron chi connectivity index (χ3n) is 6.02. The third-order valence-corrected chi connectivity index (χ3v) is 6.69. The van der Waals surface area contributed by atoms with Crippen LogP contribution in [0.3, 0.4) is 0 Å². The van der Waals surface area contributed by atoms with E-state index in [4.69, 9.17) is 5.10 Å². The highest BCUT2D eigenvalue weighted by Gasteiger charge is 2.55. The number of benzene rings is 2. The van der Waals surface area contributed by atoms with Crippen molar-refractivity contribution < 1.29 is 0 Å². The van der Waals surface area contributed by atoms with E-state index in [0.29, 0.717) is 17.9 Å². The zero-order valence-electron chi connectivity index (χ0n) is 14.4. The number of hydrazone groups is 1. The Balaban J connectivity index is 1.85. The summed E-state index contributed by atoms with van der Waals surface area (Å²) in [6, 6.07) is 19.5. The molecule has 2 aromatic carbocycles. The van der Waals surface area contributed by atoms with Crippen LogP contribution in [0.25, 0.3) is 0 Å². The van der Waals surface area contributed by atoms with Crippen molar-refractivity contribution in [3.05, 3.63) is 64.6 Å². The summed E-state index contributed by atoms with van der Waals surface area (Å²) in [7, 11) is 0. The monoisotopic (exact) mass is 382 g/mol. The number of hydrogen-bond donors (Lipinski definition) is 0. The van der Waals surface area contributed by atoms with E-state index in [2.05, 4.69) is 96.3 Å². The topological polar surface area (TPSA) is 15.6 Å². The summed E-state index contributed by atoms with van der Waals surface area (Å²) in [5.74, 6) is 1.16. The molecule has 1 fully saturated rings. The van der Waals surface area contributed by atoms with Gasteiger partial charge in [0.1, 0.15) is 0 Å². The lowest BCUT2D eigenvalue weighted by atomic mass is 9.78. The Labute approximate surface area is 152 Å². The average Bonchev–Trinajstić information content (AvgIpc) is 3.05. The van der Waals surface area contributed by atoms with Gasteiger partial charge in [0, 0.05) is 10.4 Å². The van der Waals surface area contributed by atoms with Crippen LogP contribution >= 0.6 is 15.9 Å². The van der Waals surface area contributed by atoms with Crippen molar-refractivity contribution in [1.29, 1.82) is 0 Å². The summed E-state index contributed by atoms with van der Waals surface area (Å²) >= 11 is 3.72. The van der Waals surface area contributed by atoms with Crippen LogP contribution in [0.1, 0.15) is 32.8 Å². The highest BCUT2D eigenvalue weighted by Crippen LogP contribution is 2.53. The Morgan fingerprint density at radius 1 is 1.04 bits per heavy atom. The first-order valence-corrected chi connectivity index (χ1v) is 9.47. The second kappa shape index (κ2) is 5.73. The third kappa shape index (κ3) is 2.33. The Morgan fingerprint density at radius 3 is 2.42 bits per heavy atom. The average molecular weight is 383 g/mol. The molecule has 0 amide bonds. The van der Waals surface area contributed by atoms with E-state index in [9.17, 15) is 0 Å². The van der Waals surface area contributed by atoms with E-state index in [1.807, 2.05) is 0 Å². The normalized spacial score (nSPS) is 27.9. The zero-order chi connectivity index (χ0) is 16.9. The van der Waals surface area contributed by atoms with Gasteiger partial charge in [-0.05, 0) is 51.4 Å². The molecule has 1 saturated carbocycles. The molecular formula is C21H23BrN2. The number of rotatable bonds is 2. The predicted molar refractivity (Wildman–Crippen MR) is 104 cm³/mol. The molecule has 2 unspecified atom stereocenters. The van der Waals surface area contributed by atoms with Crippen molar-refractivity contribution in [2.24, 2.45) is 22.4 Å². The van der Waals surface area contributed by atoms with Crippen LogP contribution in [-0.2, 0) is 0 Å². The molecule has 1 aliphatic heterocycles. The molecule has 3 heteroatoms. The number of anilines is 1. The van der Waals surface area contributed by atoms with Gasteiger partial charge in [0.15, 0.2) is 0 Å². The summed E-state index contributed by atoms with van der Waals surface area (Å²) in [4.78, 5) is 0. The molecule has 0 bridgehead atoms. The van der Waals surface area contributed by atoms with E-state index in [1.54, 1.807) is 0 Å². The fraction of sp³-hybridized carbons (Fsp3) is 0.381. The standard InChI is InChI=1S/C21H23BrN2/c1-14-13-16-19(15-9-5-4-6-10-15)23-24(20(16)21(14,2)3)18-12-8-7-11-17(18)22/h4-12,14,16,20H,13H2,1-3H3/t14?,16?,20-/m1/s1. The minimum absolute atomic E-state index is 0.222. The smallest absolute Gasteiger partial charge is 0.0739 e. The molecule has 2 nitrogen and oxygen atoms in total. The summed E-state index contributed by atoms with van der Waals surface area (Å²) in [5, 5.41) is 7.40. The van der Waals surface area contributed by atoms with Gasteiger partial charge < -0.3 is 0 Å². The lowest BCUT2D eigenvalue weighted by Gasteiger charge is -2.36. The van der Waals surface area contributed by atoms with Gasteiger partial charge >= 0.3 is 0 Å². The fourth-order valence-corrected chi connectivity index (χ4v) is 4.81. The molecule has 1 heterocycles. The first kappa shape index (κ1) is 15.9. The minimum Gasteiger partial charge on any atom is -0.260 e. The second-order valence-corrected chi connectivity index (χ2v) is 8.51. The quantitative estimate of drug-likeness (QED) is 0.647. The molecule has 0 radical (unpaired) electrons. The Hall–Kier alpha value is -1.61. The van der Waals surface area contributed by atoms with Gasteiger partial charge in [0.25, 0.3) is 0 Å². The summed E-state index contributed by atoms with van der Waals surface area (Å²) in [6.45, 7) is 7.18. The second-order valence-electron chi connectivity index (χ2n) is 7.66. The molecule has 24 heavy (non-hydrogen) atoms. The lowest BCUT2D eigenvalue weighted by Crippen LogP contribution is -2.41. The van der Waals surface area contributed by atoms with Crippen molar-refractivity contribution >= 4 is 27.3 Å². The summed E-state index contributed by atoms with van der Waals surface area (Å²) in [6.07, 6.45) is 1.20. The zero-order valence-corrected chi connectivity index (χ0v) is 16.0. The van der Waals surface area contributed by atoms with Crippen molar-refractivity contribution in [2.75, 3.05) is 5.01 Å². The van der Waals surface area contributed by atoms with Crippen LogP contribution in [0, 0.1) is 17.3 Å². The summed E-state index contributed by atoms with van der Waals surface area (Å²) in [5.41, 5.74) is 3.89. The highest BCUT2D eigenvalue weighted by atomic mass is 79.9. The fourth-order valence-electron chi connectivity index (χ4n) is 4.34. The molecular weight excluding hydrogens is 360 g/mol. The molecule has 124 valence electrons. The molecule has 2 aliphatic rings. The van der Waals surface area contributed by atoms with Crippen molar-refractivity contribution in [2.45, 2.75) is 33.2 Å². The van der Waals surface area contributed by atoms with Gasteiger partial charge in [-0.3, -0.25) is 5.01 Å². The van der Waals surface area contributed by atoms with Gasteiger partial charge in [0.2, 0.25) is 0 Å². The molecule has 0 aromatic heterocycles. The molecule has 1 aliphatic carbocycles. The molecule has 0 saturated heterocycles. The van der Waals surface area contributed by atoms with Crippen LogP contribution in [-0.4, -0.2) is 11.8 Å². The van der Waals surface area contributed by atoms with Gasteiger partial charge in [-0.1, -0.05) is 63.2 Å². The van der Waals surface area contributed by atoms with Gasteiger partial charge in [-0.2, -0.15) is 5.10 Å². The Morgan fingerprint density at radius 2 is 1.71 bits per heavy atom.